The molecule has 1 aliphatic rings. The normalized spacial score (nSPS) is 18.0. The van der Waals surface area contributed by atoms with E-state index in [2.05, 4.69) is 25.2 Å². The van der Waals surface area contributed by atoms with Gasteiger partial charge < -0.3 is 10.2 Å². The number of carbonyl (C=O) groups excluding carboxylic acids is 2. The molecule has 0 bridgehead atoms. The Morgan fingerprint density at radius 3 is 2.44 bits per heavy atom. The summed E-state index contributed by atoms with van der Waals surface area (Å²) < 4.78 is 0. The largest absolute Gasteiger partial charge is 0.349 e. The summed E-state index contributed by atoms with van der Waals surface area (Å²) in [7, 11) is 0. The summed E-state index contributed by atoms with van der Waals surface area (Å²) >= 11 is 0. The molecule has 2 atom stereocenters. The van der Waals surface area contributed by atoms with Crippen LogP contribution in [0.4, 0.5) is 5.69 Å². The molecule has 142 valence electrons. The van der Waals surface area contributed by atoms with Crippen molar-refractivity contribution in [2.75, 3.05) is 11.4 Å². The molecule has 4 heteroatoms. The Bertz CT molecular complexity index is 830. The van der Waals surface area contributed by atoms with Gasteiger partial charge in [-0.3, -0.25) is 9.59 Å². The fourth-order valence-corrected chi connectivity index (χ4v) is 3.77. The molecule has 3 rings (SSSR count). The molecule has 1 aliphatic heterocycles. The molecule has 2 amide bonds. The lowest BCUT2D eigenvalue weighted by Crippen LogP contribution is -2.34. The lowest BCUT2D eigenvalue weighted by molar-refractivity contribution is -0.126. The van der Waals surface area contributed by atoms with Gasteiger partial charge in [-0.1, -0.05) is 62.4 Å². The highest BCUT2D eigenvalue weighted by Crippen LogP contribution is 2.35. The zero-order chi connectivity index (χ0) is 19.6. The van der Waals surface area contributed by atoms with E-state index < -0.39 is 0 Å². The monoisotopic (exact) mass is 364 g/mol. The summed E-state index contributed by atoms with van der Waals surface area (Å²) in [6.45, 7) is 8.70. The first-order valence-corrected chi connectivity index (χ1v) is 9.63. The SMILES string of the molecule is Cc1cccc(C(C)C)c1N1CC(C(=O)NC(C)c2ccccc2)CC1=O. The Morgan fingerprint density at radius 2 is 1.78 bits per heavy atom. The average Bonchev–Trinajstić information content (AvgIpc) is 3.03. The van der Waals surface area contributed by atoms with Crippen LogP contribution in [0.2, 0.25) is 0 Å². The van der Waals surface area contributed by atoms with Crippen LogP contribution in [0.3, 0.4) is 0 Å². The van der Waals surface area contributed by atoms with Crippen LogP contribution in [0.1, 0.15) is 55.8 Å². The van der Waals surface area contributed by atoms with Gasteiger partial charge in [-0.2, -0.15) is 0 Å². The number of anilines is 1. The van der Waals surface area contributed by atoms with E-state index in [9.17, 15) is 9.59 Å². The second-order valence-electron chi connectivity index (χ2n) is 7.71. The van der Waals surface area contributed by atoms with E-state index in [-0.39, 0.29) is 30.2 Å². The van der Waals surface area contributed by atoms with E-state index in [1.165, 1.54) is 0 Å². The Labute approximate surface area is 161 Å². The number of carbonyl (C=O) groups is 2. The maximum absolute atomic E-state index is 12.8. The Morgan fingerprint density at radius 1 is 1.07 bits per heavy atom. The second-order valence-corrected chi connectivity index (χ2v) is 7.71. The van der Waals surface area contributed by atoms with Crippen molar-refractivity contribution in [3.8, 4) is 0 Å². The van der Waals surface area contributed by atoms with Gasteiger partial charge in [0.2, 0.25) is 11.8 Å². The van der Waals surface area contributed by atoms with Crippen molar-refractivity contribution in [3.05, 3.63) is 65.2 Å². The third kappa shape index (κ3) is 4.05. The zero-order valence-electron chi connectivity index (χ0n) is 16.5. The van der Waals surface area contributed by atoms with Gasteiger partial charge in [0.1, 0.15) is 0 Å². The van der Waals surface area contributed by atoms with Crippen LogP contribution in [0, 0.1) is 12.8 Å². The number of benzene rings is 2. The van der Waals surface area contributed by atoms with E-state index in [1.807, 2.05) is 61.2 Å². The summed E-state index contributed by atoms with van der Waals surface area (Å²) in [5.74, 6) is -0.0254. The van der Waals surface area contributed by atoms with Gasteiger partial charge >= 0.3 is 0 Å². The number of hydrogen-bond acceptors (Lipinski definition) is 2. The third-order valence-corrected chi connectivity index (χ3v) is 5.32. The molecule has 27 heavy (non-hydrogen) atoms. The van der Waals surface area contributed by atoms with Crippen molar-refractivity contribution in [2.45, 2.75) is 46.1 Å². The number of nitrogens with zero attached hydrogens (tertiary/aromatic N) is 1. The van der Waals surface area contributed by atoms with Crippen LogP contribution in [-0.4, -0.2) is 18.4 Å². The minimum Gasteiger partial charge on any atom is -0.349 e. The van der Waals surface area contributed by atoms with Crippen molar-refractivity contribution in [2.24, 2.45) is 5.92 Å². The quantitative estimate of drug-likeness (QED) is 0.857. The number of rotatable bonds is 5. The van der Waals surface area contributed by atoms with E-state index >= 15 is 0 Å². The molecule has 0 saturated carbocycles. The summed E-state index contributed by atoms with van der Waals surface area (Å²) in [6.07, 6.45) is 0.263. The molecule has 0 aromatic heterocycles. The molecule has 2 unspecified atom stereocenters. The minimum absolute atomic E-state index is 0.0266. The molecule has 0 aliphatic carbocycles. The van der Waals surface area contributed by atoms with Crippen LogP contribution in [0.15, 0.2) is 48.5 Å². The third-order valence-electron chi connectivity index (χ3n) is 5.32. The van der Waals surface area contributed by atoms with Gasteiger partial charge in [-0.05, 0) is 36.5 Å². The van der Waals surface area contributed by atoms with Crippen molar-refractivity contribution < 1.29 is 9.59 Å². The summed E-state index contributed by atoms with van der Waals surface area (Å²) in [6, 6.07) is 15.9. The van der Waals surface area contributed by atoms with E-state index in [0.717, 1.165) is 22.4 Å². The minimum atomic E-state index is -0.316. The van der Waals surface area contributed by atoms with Gasteiger partial charge in [0.25, 0.3) is 0 Å². The number of nitrogens with one attached hydrogen (secondary N) is 1. The molecule has 1 fully saturated rings. The number of amides is 2. The number of hydrogen-bond donors (Lipinski definition) is 1. The highest BCUT2D eigenvalue weighted by molar-refractivity contribution is 6.01. The zero-order valence-corrected chi connectivity index (χ0v) is 16.5. The van der Waals surface area contributed by atoms with Gasteiger partial charge in [0.15, 0.2) is 0 Å². The molecule has 1 heterocycles. The fraction of sp³-hybridized carbons (Fsp3) is 0.391. The van der Waals surface area contributed by atoms with Crippen molar-refractivity contribution >= 4 is 17.5 Å². The lowest BCUT2D eigenvalue weighted by atomic mass is 9.97. The molecule has 0 spiro atoms. The number of para-hydroxylation sites is 1. The molecule has 1 N–H and O–H groups in total. The predicted molar refractivity (Wildman–Crippen MR) is 109 cm³/mol. The molecular formula is C23H28N2O2. The van der Waals surface area contributed by atoms with Crippen LogP contribution in [0.25, 0.3) is 0 Å². The first-order chi connectivity index (χ1) is 12.9. The Balaban J connectivity index is 1.75. The summed E-state index contributed by atoms with van der Waals surface area (Å²) in [5.41, 5.74) is 4.27. The van der Waals surface area contributed by atoms with Gasteiger partial charge in [-0.15, -0.1) is 0 Å². The molecule has 1 saturated heterocycles. The van der Waals surface area contributed by atoms with Crippen molar-refractivity contribution in [3.63, 3.8) is 0 Å². The Kier molecular flexibility index (Phi) is 5.64. The van der Waals surface area contributed by atoms with Crippen molar-refractivity contribution in [1.29, 1.82) is 0 Å². The molecule has 2 aromatic carbocycles. The predicted octanol–water partition coefficient (Wildman–Crippen LogP) is 4.35. The highest BCUT2D eigenvalue weighted by Gasteiger charge is 2.37. The van der Waals surface area contributed by atoms with E-state index in [0.29, 0.717) is 12.5 Å². The van der Waals surface area contributed by atoms with Crippen LogP contribution >= 0.6 is 0 Å². The molecule has 4 nitrogen and oxygen atoms in total. The lowest BCUT2D eigenvalue weighted by Gasteiger charge is -2.24. The average molecular weight is 364 g/mol. The van der Waals surface area contributed by atoms with Crippen LogP contribution in [0.5, 0.6) is 0 Å². The first-order valence-electron chi connectivity index (χ1n) is 9.63. The summed E-state index contributed by atoms with van der Waals surface area (Å²) in [4.78, 5) is 27.3. The van der Waals surface area contributed by atoms with Gasteiger partial charge in [0.05, 0.1) is 12.0 Å². The van der Waals surface area contributed by atoms with E-state index in [1.54, 1.807) is 0 Å². The van der Waals surface area contributed by atoms with Gasteiger partial charge in [-0.25, -0.2) is 0 Å². The van der Waals surface area contributed by atoms with E-state index in [4.69, 9.17) is 0 Å². The second kappa shape index (κ2) is 7.95. The summed E-state index contributed by atoms with van der Waals surface area (Å²) in [5, 5.41) is 3.06. The molecule has 2 aromatic rings. The standard InChI is InChI=1S/C23H28N2O2/c1-15(2)20-12-8-9-16(3)22(20)25-14-19(13-21(25)26)23(27)24-17(4)18-10-6-5-7-11-18/h5-12,15,17,19H,13-14H2,1-4H3,(H,24,27). The maximum Gasteiger partial charge on any atom is 0.227 e. The Hall–Kier alpha value is -2.62. The fourth-order valence-electron chi connectivity index (χ4n) is 3.77. The molecule has 0 radical (unpaired) electrons. The van der Waals surface area contributed by atoms with Crippen LogP contribution < -0.4 is 10.2 Å². The maximum atomic E-state index is 12.8. The molecular weight excluding hydrogens is 336 g/mol. The topological polar surface area (TPSA) is 49.4 Å². The number of aryl methyl sites for hydroxylation is 1. The first kappa shape index (κ1) is 19.2. The highest BCUT2D eigenvalue weighted by atomic mass is 16.2. The van der Waals surface area contributed by atoms with Gasteiger partial charge in [0, 0.05) is 18.7 Å². The smallest absolute Gasteiger partial charge is 0.227 e. The van der Waals surface area contributed by atoms with Crippen molar-refractivity contribution in [1.82, 2.24) is 5.32 Å². The van der Waals surface area contributed by atoms with Crippen LogP contribution in [-0.2, 0) is 9.59 Å².